The van der Waals surface area contributed by atoms with E-state index in [-0.39, 0.29) is 29.5 Å². The molecule has 0 spiro atoms. The molecule has 2 heterocycles. The number of amides is 2. The van der Waals surface area contributed by atoms with E-state index in [9.17, 15) is 24.0 Å². The molecule has 2 amide bonds. The molecule has 1 aromatic carbocycles. The Bertz CT molecular complexity index is 1070. The first kappa shape index (κ1) is 27.0. The van der Waals surface area contributed by atoms with Crippen LogP contribution in [0.15, 0.2) is 18.2 Å². The lowest BCUT2D eigenvalue weighted by Crippen LogP contribution is -2.56. The van der Waals surface area contributed by atoms with Gasteiger partial charge in [-0.15, -0.1) is 0 Å². The molecule has 2 fully saturated rings. The normalized spacial score (nSPS) is 23.9. The second-order valence-electron chi connectivity index (χ2n) is 9.17. The predicted molar refractivity (Wildman–Crippen MR) is 127 cm³/mol. The van der Waals surface area contributed by atoms with Gasteiger partial charge in [0, 0.05) is 12.1 Å². The summed E-state index contributed by atoms with van der Waals surface area (Å²) in [5, 5.41) is 5.37. The minimum absolute atomic E-state index is 0.0146. The highest BCUT2D eigenvalue weighted by Gasteiger charge is 2.64. The number of carbonyl (C=O) groups is 5. The Morgan fingerprint density at radius 2 is 1.89 bits per heavy atom. The maximum atomic E-state index is 12.8. The zero-order valence-electron chi connectivity index (χ0n) is 19.5. The summed E-state index contributed by atoms with van der Waals surface area (Å²) in [6.07, 6.45) is -0.782. The number of carbonyl (C=O) groups excluding carboxylic acids is 5. The van der Waals surface area contributed by atoms with Crippen LogP contribution < -0.4 is 10.6 Å². The summed E-state index contributed by atoms with van der Waals surface area (Å²) in [7, 11) is 1.39. The molecule has 3 atom stereocenters. The summed E-state index contributed by atoms with van der Waals surface area (Å²) < 4.78 is 16.8. The summed E-state index contributed by atoms with van der Waals surface area (Å²) in [6, 6.07) is 4.38. The molecular weight excluding hydrogens is 502 g/mol. The van der Waals surface area contributed by atoms with Crippen molar-refractivity contribution in [3.05, 3.63) is 33.8 Å². The van der Waals surface area contributed by atoms with Crippen LogP contribution in [0.2, 0.25) is 15.9 Å². The first-order chi connectivity index (χ1) is 16.4. The van der Waals surface area contributed by atoms with E-state index in [4.69, 9.17) is 37.2 Å². The standard InChI is InChI=1S/C22H26BCl2N2O8/c1-12(2)6-13(7-15(28)11-27-20(31)16-8-14(24)4-5-17(16)25)23-33-19(30)10-22(35-23,21(32)34-23)9-18(29)26-3/h4-5,8,12-13H,6-7,9-11H2,1-3H3,(H,26,29)(H,27,31)/q-1/t13?,22-,23?/m1/s1. The van der Waals surface area contributed by atoms with Gasteiger partial charge in [-0.2, -0.15) is 0 Å². The second-order valence-corrected chi connectivity index (χ2v) is 10.0. The van der Waals surface area contributed by atoms with E-state index in [1.54, 1.807) is 0 Å². The lowest BCUT2D eigenvalue weighted by atomic mass is 9.57. The van der Waals surface area contributed by atoms with Crippen molar-refractivity contribution in [2.24, 2.45) is 5.92 Å². The van der Waals surface area contributed by atoms with E-state index in [0.717, 1.165) is 0 Å². The van der Waals surface area contributed by atoms with Crippen LogP contribution in [0.3, 0.4) is 0 Å². The Morgan fingerprint density at radius 1 is 1.17 bits per heavy atom. The SMILES string of the molecule is CNC(=O)C[C@@]12CC(=O)O[B-](C(CC(=O)CNC(=O)c3cc(Cl)ccc3Cl)CC(C)C)(OC1=O)O2. The zero-order valence-corrected chi connectivity index (χ0v) is 21.0. The van der Waals surface area contributed by atoms with Crippen LogP contribution in [-0.4, -0.2) is 55.5 Å². The van der Waals surface area contributed by atoms with Gasteiger partial charge in [0.15, 0.2) is 0 Å². The quantitative estimate of drug-likeness (QED) is 0.442. The largest absolute Gasteiger partial charge is 0.633 e. The van der Waals surface area contributed by atoms with Gasteiger partial charge in [0.2, 0.25) is 5.91 Å². The molecule has 1 aromatic rings. The highest BCUT2D eigenvalue weighted by molar-refractivity contribution is 6.68. The van der Waals surface area contributed by atoms with Crippen molar-refractivity contribution in [3.8, 4) is 0 Å². The van der Waals surface area contributed by atoms with Gasteiger partial charge in [-0.05, 0) is 30.5 Å². The zero-order chi connectivity index (χ0) is 26.0. The van der Waals surface area contributed by atoms with Crippen LogP contribution in [0.1, 0.15) is 49.9 Å². The van der Waals surface area contributed by atoms with E-state index < -0.39 is 60.6 Å². The molecule has 10 nitrogen and oxygen atoms in total. The van der Waals surface area contributed by atoms with Gasteiger partial charge in [0.05, 0.1) is 30.0 Å². The third kappa shape index (κ3) is 5.96. The van der Waals surface area contributed by atoms with Crippen molar-refractivity contribution in [1.82, 2.24) is 10.6 Å². The smallest absolute Gasteiger partial charge is 0.499 e. The molecule has 0 saturated carbocycles. The van der Waals surface area contributed by atoms with Gasteiger partial charge < -0.3 is 24.6 Å². The van der Waals surface area contributed by atoms with Crippen molar-refractivity contribution in [2.45, 2.75) is 50.9 Å². The van der Waals surface area contributed by atoms with Gasteiger partial charge in [-0.1, -0.05) is 49.3 Å². The number of hydrogen-bond donors (Lipinski definition) is 2. The van der Waals surface area contributed by atoms with Crippen molar-refractivity contribution in [2.75, 3.05) is 13.6 Å². The van der Waals surface area contributed by atoms with Gasteiger partial charge in [-0.25, -0.2) is 0 Å². The number of nitrogens with one attached hydrogen (secondary N) is 2. The lowest BCUT2D eigenvalue weighted by Gasteiger charge is -2.46. The molecule has 2 aliphatic rings. The summed E-state index contributed by atoms with van der Waals surface area (Å²) in [4.78, 5) is 62.5. The summed E-state index contributed by atoms with van der Waals surface area (Å²) in [5.74, 6) is -3.94. The number of benzene rings is 1. The summed E-state index contributed by atoms with van der Waals surface area (Å²) in [5.41, 5.74) is -1.69. The number of ketones is 1. The highest BCUT2D eigenvalue weighted by atomic mass is 35.5. The fraction of sp³-hybridized carbons (Fsp3) is 0.500. The van der Waals surface area contributed by atoms with E-state index >= 15 is 0 Å². The molecule has 0 aromatic heterocycles. The average Bonchev–Trinajstić information content (AvgIpc) is 2.98. The van der Waals surface area contributed by atoms with Crippen LogP contribution in [0, 0.1) is 5.92 Å². The molecule has 2 aliphatic heterocycles. The molecule has 2 saturated heterocycles. The highest BCUT2D eigenvalue weighted by Crippen LogP contribution is 2.48. The molecule has 2 unspecified atom stereocenters. The minimum atomic E-state index is -2.98. The fourth-order valence-electron chi connectivity index (χ4n) is 4.39. The van der Waals surface area contributed by atoms with E-state index in [1.165, 1.54) is 25.2 Å². The van der Waals surface area contributed by atoms with Gasteiger partial charge in [0.25, 0.3) is 17.8 Å². The van der Waals surface area contributed by atoms with Crippen LogP contribution in [-0.2, 0) is 33.1 Å². The molecule has 0 radical (unpaired) electrons. The van der Waals surface area contributed by atoms with E-state index in [0.29, 0.717) is 11.4 Å². The van der Waals surface area contributed by atoms with Gasteiger partial charge >= 0.3 is 6.75 Å². The van der Waals surface area contributed by atoms with Crippen molar-refractivity contribution >= 4 is 59.5 Å². The topological polar surface area (TPSA) is 137 Å². The Morgan fingerprint density at radius 3 is 2.54 bits per heavy atom. The predicted octanol–water partition coefficient (Wildman–Crippen LogP) is 2.43. The van der Waals surface area contributed by atoms with Crippen LogP contribution in [0.4, 0.5) is 0 Å². The van der Waals surface area contributed by atoms with Crippen LogP contribution in [0.25, 0.3) is 0 Å². The van der Waals surface area contributed by atoms with Gasteiger partial charge in [-0.3, -0.25) is 24.0 Å². The summed E-state index contributed by atoms with van der Waals surface area (Å²) in [6.45, 7) is 0.432. The molecule has 2 N–H and O–H groups in total. The molecule has 2 bridgehead atoms. The number of fused-ring (bicyclic) bond motifs is 2. The van der Waals surface area contributed by atoms with Crippen LogP contribution >= 0.6 is 23.2 Å². The Balaban J connectivity index is 1.76. The fourth-order valence-corrected chi connectivity index (χ4v) is 4.76. The third-order valence-electron chi connectivity index (χ3n) is 5.94. The van der Waals surface area contributed by atoms with Crippen molar-refractivity contribution < 1.29 is 37.9 Å². The van der Waals surface area contributed by atoms with E-state index in [1.807, 2.05) is 13.8 Å². The molecule has 13 heteroatoms. The van der Waals surface area contributed by atoms with Crippen LogP contribution in [0.5, 0.6) is 0 Å². The average molecular weight is 528 g/mol. The van der Waals surface area contributed by atoms with Gasteiger partial charge in [0.1, 0.15) is 11.4 Å². The molecule has 3 rings (SSSR count). The molecular formula is C22H26BCl2N2O8-. The number of rotatable bonds is 10. The van der Waals surface area contributed by atoms with Crippen molar-refractivity contribution in [1.29, 1.82) is 0 Å². The third-order valence-corrected chi connectivity index (χ3v) is 6.51. The number of Topliss-reactive ketones (excluding diaryl/α,β-unsaturated/α-hetero) is 1. The Labute approximate surface area is 212 Å². The maximum Gasteiger partial charge on any atom is 0.499 e. The Hall–Kier alpha value is -2.63. The monoisotopic (exact) mass is 527 g/mol. The number of hydrogen-bond acceptors (Lipinski definition) is 8. The molecule has 35 heavy (non-hydrogen) atoms. The maximum absolute atomic E-state index is 12.8. The molecule has 0 aliphatic carbocycles. The lowest BCUT2D eigenvalue weighted by molar-refractivity contribution is -0.156. The first-order valence-corrected chi connectivity index (χ1v) is 11.9. The van der Waals surface area contributed by atoms with E-state index in [2.05, 4.69) is 10.6 Å². The summed E-state index contributed by atoms with van der Waals surface area (Å²) >= 11 is 11.9. The second kappa shape index (κ2) is 10.6. The first-order valence-electron chi connectivity index (χ1n) is 11.1. The Kier molecular flexibility index (Phi) is 8.13. The van der Waals surface area contributed by atoms with Crippen molar-refractivity contribution in [3.63, 3.8) is 0 Å². The number of halogens is 2. The minimum Gasteiger partial charge on any atom is -0.633 e. The molecule has 190 valence electrons.